The number of fused-ring (bicyclic) bond motifs is 1. The minimum atomic E-state index is -0.367. The first kappa shape index (κ1) is 26.2. The molecule has 2 aromatic heterocycles. The smallest absolute Gasteiger partial charge is 0.281 e. The Balaban J connectivity index is 1.22. The van der Waals surface area contributed by atoms with Crippen LogP contribution >= 0.6 is 23.2 Å². The first-order valence-corrected chi connectivity index (χ1v) is 13.9. The maximum atomic E-state index is 13.8. The lowest BCUT2D eigenvalue weighted by molar-refractivity contribution is -0.133. The monoisotopic (exact) mass is 572 g/mol. The maximum absolute atomic E-state index is 13.8. The quantitative estimate of drug-likeness (QED) is 0.293. The van der Waals surface area contributed by atoms with Crippen LogP contribution in [0, 0.1) is 0 Å². The molecule has 1 saturated heterocycles. The van der Waals surface area contributed by atoms with Gasteiger partial charge in [-0.05, 0) is 41.7 Å². The highest BCUT2D eigenvalue weighted by Crippen LogP contribution is 2.31. The maximum Gasteiger partial charge on any atom is 0.281 e. The van der Waals surface area contributed by atoms with Gasteiger partial charge in [0.15, 0.2) is 11.2 Å². The summed E-state index contributed by atoms with van der Waals surface area (Å²) in [6.07, 6.45) is 1.36. The Morgan fingerprint density at radius 1 is 0.950 bits per heavy atom. The average Bonchev–Trinajstić information content (AvgIpc) is 3.39. The molecule has 0 saturated carbocycles. The van der Waals surface area contributed by atoms with Crippen LogP contribution in [0.15, 0.2) is 83.7 Å². The van der Waals surface area contributed by atoms with Crippen LogP contribution in [0.1, 0.15) is 47.2 Å². The van der Waals surface area contributed by atoms with Crippen molar-refractivity contribution >= 4 is 40.3 Å². The predicted octanol–water partition coefficient (Wildman–Crippen LogP) is 5.41. The number of nitrogens with zero attached hydrogens (tertiary/aromatic N) is 5. The van der Waals surface area contributed by atoms with Crippen molar-refractivity contribution in [2.45, 2.75) is 31.2 Å². The zero-order chi connectivity index (χ0) is 27.6. The van der Waals surface area contributed by atoms with Gasteiger partial charge in [-0.1, -0.05) is 95.1 Å². The zero-order valence-electron chi connectivity index (χ0n) is 21.5. The molecule has 1 N–H and O–H groups in total. The van der Waals surface area contributed by atoms with Gasteiger partial charge in [-0.2, -0.15) is 0 Å². The van der Waals surface area contributed by atoms with Crippen molar-refractivity contribution in [2.75, 3.05) is 13.1 Å². The van der Waals surface area contributed by atoms with Crippen molar-refractivity contribution < 1.29 is 4.79 Å². The van der Waals surface area contributed by atoms with E-state index < -0.39 is 0 Å². The van der Waals surface area contributed by atoms with Crippen molar-refractivity contribution in [3.8, 4) is 0 Å². The third kappa shape index (κ3) is 5.24. The molecule has 1 aliphatic rings. The second-order valence-electron chi connectivity index (χ2n) is 9.96. The molecule has 0 radical (unpaired) electrons. The highest BCUT2D eigenvalue weighted by Gasteiger charge is 2.32. The lowest BCUT2D eigenvalue weighted by Crippen LogP contribution is -2.41. The van der Waals surface area contributed by atoms with Gasteiger partial charge in [0, 0.05) is 29.1 Å². The molecule has 0 atom stereocenters. The summed E-state index contributed by atoms with van der Waals surface area (Å²) < 4.78 is 1.58. The fourth-order valence-electron chi connectivity index (χ4n) is 5.32. The highest BCUT2D eigenvalue weighted by atomic mass is 35.5. The zero-order valence-corrected chi connectivity index (χ0v) is 23.0. The Kier molecular flexibility index (Phi) is 7.36. The lowest BCUT2D eigenvalue weighted by atomic mass is 9.88. The third-order valence-electron chi connectivity index (χ3n) is 7.43. The summed E-state index contributed by atoms with van der Waals surface area (Å²) in [5.74, 6) is 0.289. The molecule has 5 aromatic rings. The van der Waals surface area contributed by atoms with E-state index in [0.717, 1.165) is 16.7 Å². The molecule has 3 aromatic carbocycles. The first-order chi connectivity index (χ1) is 19.5. The number of aromatic nitrogens is 5. The Labute approximate surface area is 240 Å². The number of carbonyl (C=O) groups excluding carboxylic acids is 1. The molecule has 1 fully saturated rings. The van der Waals surface area contributed by atoms with Gasteiger partial charge < -0.3 is 9.88 Å². The summed E-state index contributed by atoms with van der Waals surface area (Å²) in [5.41, 5.74) is 2.98. The Hall–Kier alpha value is -4.01. The van der Waals surface area contributed by atoms with Crippen LogP contribution in [-0.2, 0) is 11.3 Å². The van der Waals surface area contributed by atoms with Gasteiger partial charge in [0.1, 0.15) is 5.82 Å². The number of H-pyrrole nitrogens is 1. The number of likely N-dealkylation sites (tertiary alicyclic amines) is 1. The first-order valence-electron chi connectivity index (χ1n) is 13.1. The molecule has 40 heavy (non-hydrogen) atoms. The molecule has 0 bridgehead atoms. The standard InChI is InChI=1S/C30H26Cl2N6O2/c31-23-12-11-22(24(32)17-23)18-38-28-26(35-36-38)29(39)34-27(33-28)21-13-15-37(16-14-21)30(40)25(19-7-3-1-4-8-19)20-9-5-2-6-10-20/h1-12,17,21,25H,13-16,18H2,(H,33,34,39). The predicted molar refractivity (Wildman–Crippen MR) is 155 cm³/mol. The molecule has 3 heterocycles. The van der Waals surface area contributed by atoms with Crippen molar-refractivity contribution in [3.63, 3.8) is 0 Å². The third-order valence-corrected chi connectivity index (χ3v) is 8.02. The molecule has 1 aliphatic heterocycles. The van der Waals surface area contributed by atoms with E-state index >= 15 is 0 Å². The second-order valence-corrected chi connectivity index (χ2v) is 10.8. The van der Waals surface area contributed by atoms with Crippen LogP contribution in [0.25, 0.3) is 11.2 Å². The van der Waals surface area contributed by atoms with Gasteiger partial charge in [0.05, 0.1) is 12.5 Å². The largest absolute Gasteiger partial charge is 0.342 e. The average molecular weight is 573 g/mol. The van der Waals surface area contributed by atoms with Crippen molar-refractivity contribution in [2.24, 2.45) is 0 Å². The normalized spacial score (nSPS) is 14.2. The Bertz CT molecular complexity index is 1670. The van der Waals surface area contributed by atoms with Crippen LogP contribution in [0.3, 0.4) is 0 Å². The molecular formula is C30H26Cl2N6O2. The van der Waals surface area contributed by atoms with E-state index in [-0.39, 0.29) is 28.8 Å². The number of carbonyl (C=O) groups is 1. The van der Waals surface area contributed by atoms with Crippen LogP contribution in [0.4, 0.5) is 0 Å². The number of nitrogens with one attached hydrogen (secondary N) is 1. The molecule has 1 amide bonds. The van der Waals surface area contributed by atoms with Gasteiger partial charge in [0.2, 0.25) is 5.91 Å². The summed E-state index contributed by atoms with van der Waals surface area (Å²) >= 11 is 12.4. The van der Waals surface area contributed by atoms with E-state index in [0.29, 0.717) is 54.0 Å². The van der Waals surface area contributed by atoms with E-state index in [1.165, 1.54) is 0 Å². The highest BCUT2D eigenvalue weighted by molar-refractivity contribution is 6.35. The number of rotatable bonds is 6. The number of aromatic amines is 1. The number of amides is 1. The number of piperidine rings is 1. The summed E-state index contributed by atoms with van der Waals surface area (Å²) in [7, 11) is 0. The second kappa shape index (κ2) is 11.2. The van der Waals surface area contributed by atoms with Crippen LogP contribution in [-0.4, -0.2) is 48.9 Å². The number of hydrogen-bond donors (Lipinski definition) is 1. The number of benzene rings is 3. The molecule has 0 unspecified atom stereocenters. The van der Waals surface area contributed by atoms with E-state index in [1.807, 2.05) is 71.6 Å². The van der Waals surface area contributed by atoms with Crippen molar-refractivity contribution in [3.05, 3.63) is 122 Å². The number of hydrogen-bond acceptors (Lipinski definition) is 5. The van der Waals surface area contributed by atoms with Gasteiger partial charge in [-0.3, -0.25) is 9.59 Å². The fraction of sp³-hybridized carbons (Fsp3) is 0.233. The summed E-state index contributed by atoms with van der Waals surface area (Å²) in [6, 6.07) is 25.0. The Morgan fingerprint density at radius 3 is 2.23 bits per heavy atom. The fourth-order valence-corrected chi connectivity index (χ4v) is 5.79. The van der Waals surface area contributed by atoms with E-state index in [1.54, 1.807) is 16.8 Å². The van der Waals surface area contributed by atoms with Crippen molar-refractivity contribution in [1.29, 1.82) is 0 Å². The minimum Gasteiger partial charge on any atom is -0.342 e. The van der Waals surface area contributed by atoms with Gasteiger partial charge in [0.25, 0.3) is 5.56 Å². The molecule has 202 valence electrons. The molecule has 6 rings (SSSR count). The van der Waals surface area contributed by atoms with Crippen LogP contribution in [0.2, 0.25) is 10.0 Å². The van der Waals surface area contributed by atoms with Crippen LogP contribution < -0.4 is 5.56 Å². The molecule has 10 heteroatoms. The Morgan fingerprint density at radius 2 is 1.60 bits per heavy atom. The minimum absolute atomic E-state index is 0.00415. The molecular weight excluding hydrogens is 547 g/mol. The molecule has 0 aliphatic carbocycles. The van der Waals surface area contributed by atoms with Crippen LogP contribution in [0.5, 0.6) is 0 Å². The van der Waals surface area contributed by atoms with E-state index in [4.69, 9.17) is 28.2 Å². The van der Waals surface area contributed by atoms with Gasteiger partial charge >= 0.3 is 0 Å². The van der Waals surface area contributed by atoms with Gasteiger partial charge in [-0.15, -0.1) is 5.10 Å². The number of halogens is 2. The summed E-state index contributed by atoms with van der Waals surface area (Å²) in [4.78, 5) is 36.3. The summed E-state index contributed by atoms with van der Waals surface area (Å²) in [6.45, 7) is 1.44. The molecule has 8 nitrogen and oxygen atoms in total. The SMILES string of the molecule is O=C(C(c1ccccc1)c1ccccc1)N1CCC(c2nc3c(nnn3Cc3ccc(Cl)cc3Cl)c(=O)[nH]2)CC1. The van der Waals surface area contributed by atoms with E-state index in [9.17, 15) is 9.59 Å². The topological polar surface area (TPSA) is 96.8 Å². The van der Waals surface area contributed by atoms with Gasteiger partial charge in [-0.25, -0.2) is 9.67 Å². The summed E-state index contributed by atoms with van der Waals surface area (Å²) in [5, 5.41) is 9.24. The van der Waals surface area contributed by atoms with Crippen molar-refractivity contribution in [1.82, 2.24) is 29.9 Å². The lowest BCUT2D eigenvalue weighted by Gasteiger charge is -2.34. The van der Waals surface area contributed by atoms with E-state index in [2.05, 4.69) is 15.3 Å². The molecule has 0 spiro atoms.